The van der Waals surface area contributed by atoms with Gasteiger partial charge in [0.2, 0.25) is 12.4 Å². The van der Waals surface area contributed by atoms with Crippen LogP contribution in [0.2, 0.25) is 0 Å². The lowest BCUT2D eigenvalue weighted by atomic mass is 9.97. The van der Waals surface area contributed by atoms with Crippen molar-refractivity contribution in [1.82, 2.24) is 0 Å². The van der Waals surface area contributed by atoms with E-state index in [1.54, 1.807) is 12.1 Å². The van der Waals surface area contributed by atoms with E-state index in [-0.39, 0.29) is 11.3 Å². The van der Waals surface area contributed by atoms with E-state index in [4.69, 9.17) is 32.8 Å². The van der Waals surface area contributed by atoms with Gasteiger partial charge >= 0.3 is 29.5 Å². The lowest BCUT2D eigenvalue weighted by molar-refractivity contribution is -0.282. The van der Waals surface area contributed by atoms with E-state index in [0.29, 0.717) is 5.39 Å². The number of carbonyl (C=O) groups excluding carboxylic acids is 4. The molecule has 1 aliphatic heterocycles. The number of fused-ring (bicyclic) bond motifs is 1. The maximum Gasteiger partial charge on any atom is 0.339 e. The number of hydrogen-bond acceptors (Lipinski definition) is 12. The first-order valence-electron chi connectivity index (χ1n) is 10.0. The van der Waals surface area contributed by atoms with Gasteiger partial charge in [0.1, 0.15) is 11.3 Å². The minimum absolute atomic E-state index is 0.111. The Balaban J connectivity index is 2.04. The smallest absolute Gasteiger partial charge is 0.339 e. The Hall–Kier alpha value is -3.93. The first-order valence-corrected chi connectivity index (χ1v) is 10.0. The van der Waals surface area contributed by atoms with E-state index in [0.717, 1.165) is 27.9 Å². The van der Waals surface area contributed by atoms with Gasteiger partial charge < -0.3 is 32.8 Å². The van der Waals surface area contributed by atoms with E-state index in [2.05, 4.69) is 0 Å². The third kappa shape index (κ3) is 5.70. The zero-order valence-electron chi connectivity index (χ0n) is 18.7. The minimum Gasteiger partial charge on any atom is -0.467 e. The van der Waals surface area contributed by atoms with E-state index >= 15 is 0 Å². The van der Waals surface area contributed by atoms with Gasteiger partial charge in [-0.25, -0.2) is 9.59 Å². The molecule has 34 heavy (non-hydrogen) atoms. The minimum atomic E-state index is -1.59. The van der Waals surface area contributed by atoms with E-state index in [9.17, 15) is 24.0 Å². The molecule has 1 aliphatic rings. The van der Waals surface area contributed by atoms with Crippen molar-refractivity contribution in [2.24, 2.45) is 0 Å². The summed E-state index contributed by atoms with van der Waals surface area (Å²) in [5.74, 6) is -3.26. The summed E-state index contributed by atoms with van der Waals surface area (Å²) in [5.41, 5.74) is -0.384. The molecule has 0 N–H and O–H groups in total. The third-order valence-electron chi connectivity index (χ3n) is 4.68. The molecular formula is C22H22O12. The average molecular weight is 478 g/mol. The average Bonchev–Trinajstić information content (AvgIpc) is 2.75. The topological polar surface area (TPSA) is 154 Å². The zero-order valence-corrected chi connectivity index (χ0v) is 18.7. The molecule has 0 spiro atoms. The van der Waals surface area contributed by atoms with Crippen LogP contribution in [0.5, 0.6) is 5.75 Å². The number of ether oxygens (including phenoxy) is 6. The van der Waals surface area contributed by atoms with Crippen LogP contribution in [0, 0.1) is 0 Å². The van der Waals surface area contributed by atoms with Crippen LogP contribution in [-0.2, 0) is 42.9 Å². The molecule has 0 aliphatic carbocycles. The van der Waals surface area contributed by atoms with Gasteiger partial charge in [-0.3, -0.25) is 14.4 Å². The summed E-state index contributed by atoms with van der Waals surface area (Å²) < 4.78 is 37.1. The molecule has 0 amide bonds. The Morgan fingerprint density at radius 3 is 2.03 bits per heavy atom. The highest BCUT2D eigenvalue weighted by molar-refractivity contribution is 5.78. The van der Waals surface area contributed by atoms with Gasteiger partial charge in [0, 0.05) is 38.3 Å². The summed E-state index contributed by atoms with van der Waals surface area (Å²) in [5, 5.41) is 0.605. The monoisotopic (exact) mass is 478 g/mol. The standard InChI is InChI=1S/C22H22O12/c1-10(23)29-17-18(30-11(2)24)20(31-12(3)25)22(34-19(17)21(27)28-4)32-14-7-5-13-6-8-16(26)33-15(13)9-14/h5-9,17-20,22H,1-4H3. The molecule has 12 heteroatoms. The van der Waals surface area contributed by atoms with E-state index in [1.807, 2.05) is 0 Å². The largest absolute Gasteiger partial charge is 0.467 e. The van der Waals surface area contributed by atoms with Gasteiger partial charge in [0.05, 0.1) is 7.11 Å². The predicted molar refractivity (Wildman–Crippen MR) is 110 cm³/mol. The molecule has 1 aromatic heterocycles. The van der Waals surface area contributed by atoms with Gasteiger partial charge in [0.15, 0.2) is 18.3 Å². The Kier molecular flexibility index (Phi) is 7.51. The van der Waals surface area contributed by atoms with Crippen molar-refractivity contribution in [3.63, 3.8) is 0 Å². The van der Waals surface area contributed by atoms with Gasteiger partial charge in [-0.2, -0.15) is 0 Å². The Labute approximate surface area is 192 Å². The van der Waals surface area contributed by atoms with Crippen molar-refractivity contribution < 1.29 is 52.0 Å². The summed E-state index contributed by atoms with van der Waals surface area (Å²) in [6.07, 6.45) is -7.55. The van der Waals surface area contributed by atoms with Crippen LogP contribution in [-0.4, -0.2) is 61.7 Å². The lowest BCUT2D eigenvalue weighted by Gasteiger charge is -2.43. The van der Waals surface area contributed by atoms with Crippen molar-refractivity contribution in [3.8, 4) is 5.75 Å². The fraction of sp³-hybridized carbons (Fsp3) is 0.409. The molecule has 1 saturated heterocycles. The first-order chi connectivity index (χ1) is 16.1. The number of benzene rings is 1. The molecule has 5 atom stereocenters. The number of carbonyl (C=O) groups is 4. The van der Waals surface area contributed by atoms with Gasteiger partial charge in [-0.05, 0) is 18.2 Å². The van der Waals surface area contributed by atoms with Crippen LogP contribution in [0.25, 0.3) is 11.0 Å². The van der Waals surface area contributed by atoms with Gasteiger partial charge in [-0.15, -0.1) is 0 Å². The van der Waals surface area contributed by atoms with E-state index < -0.39 is 60.2 Å². The van der Waals surface area contributed by atoms with Crippen LogP contribution >= 0.6 is 0 Å². The molecule has 0 bridgehead atoms. The molecule has 5 unspecified atom stereocenters. The highest BCUT2D eigenvalue weighted by Gasteiger charge is 2.55. The van der Waals surface area contributed by atoms with Crippen molar-refractivity contribution in [2.45, 2.75) is 51.5 Å². The summed E-state index contributed by atoms with van der Waals surface area (Å²) in [7, 11) is 1.08. The summed E-state index contributed by atoms with van der Waals surface area (Å²) in [4.78, 5) is 59.3. The number of rotatable bonds is 6. The molecule has 182 valence electrons. The Morgan fingerprint density at radius 2 is 1.41 bits per heavy atom. The second-order valence-electron chi connectivity index (χ2n) is 7.24. The highest BCUT2D eigenvalue weighted by Crippen LogP contribution is 2.32. The fourth-order valence-corrected chi connectivity index (χ4v) is 3.42. The molecular weight excluding hydrogens is 456 g/mol. The SMILES string of the molecule is COC(=O)C1OC(Oc2ccc3ccc(=O)oc3c2)C(OC(C)=O)C(OC(C)=O)C1OC(C)=O. The Morgan fingerprint density at radius 1 is 0.824 bits per heavy atom. The van der Waals surface area contributed by atoms with Crippen LogP contribution in [0.3, 0.4) is 0 Å². The van der Waals surface area contributed by atoms with Crippen LogP contribution in [0.4, 0.5) is 0 Å². The maximum atomic E-state index is 12.4. The molecule has 0 radical (unpaired) electrons. The highest BCUT2D eigenvalue weighted by atomic mass is 16.7. The molecule has 0 saturated carbocycles. The molecule has 1 aromatic carbocycles. The first kappa shape index (κ1) is 24.7. The van der Waals surface area contributed by atoms with Gasteiger partial charge in [-0.1, -0.05) is 0 Å². The van der Waals surface area contributed by atoms with Crippen molar-refractivity contribution in [2.75, 3.05) is 7.11 Å². The van der Waals surface area contributed by atoms with Crippen molar-refractivity contribution in [3.05, 3.63) is 40.8 Å². The molecule has 2 heterocycles. The number of esters is 4. The fourth-order valence-electron chi connectivity index (χ4n) is 3.42. The summed E-state index contributed by atoms with van der Waals surface area (Å²) >= 11 is 0. The van der Waals surface area contributed by atoms with E-state index in [1.165, 1.54) is 18.2 Å². The summed E-state index contributed by atoms with van der Waals surface area (Å²) in [6, 6.07) is 7.31. The predicted octanol–water partition coefficient (Wildman–Crippen LogP) is 0.865. The van der Waals surface area contributed by atoms with Crippen LogP contribution in [0.15, 0.2) is 39.5 Å². The maximum absolute atomic E-state index is 12.4. The van der Waals surface area contributed by atoms with Crippen molar-refractivity contribution >= 4 is 34.8 Å². The molecule has 3 rings (SSSR count). The van der Waals surface area contributed by atoms with Crippen LogP contribution in [0.1, 0.15) is 20.8 Å². The normalized spacial score (nSPS) is 24.1. The number of hydrogen-bond donors (Lipinski definition) is 0. The Bertz CT molecular complexity index is 1150. The molecule has 2 aromatic rings. The quantitative estimate of drug-likeness (QED) is 0.329. The number of methoxy groups -OCH3 is 1. The van der Waals surface area contributed by atoms with Crippen molar-refractivity contribution in [1.29, 1.82) is 0 Å². The lowest BCUT2D eigenvalue weighted by Crippen LogP contribution is -2.64. The second kappa shape index (κ2) is 10.3. The zero-order chi connectivity index (χ0) is 25.0. The summed E-state index contributed by atoms with van der Waals surface area (Å²) in [6.45, 7) is 3.25. The second-order valence-corrected chi connectivity index (χ2v) is 7.24. The third-order valence-corrected chi connectivity index (χ3v) is 4.68. The van der Waals surface area contributed by atoms with Crippen LogP contribution < -0.4 is 10.4 Å². The van der Waals surface area contributed by atoms with Gasteiger partial charge in [0.25, 0.3) is 0 Å². The molecule has 1 fully saturated rings. The molecule has 12 nitrogen and oxygen atoms in total.